The molecule has 0 fully saturated rings. The van der Waals surface area contributed by atoms with Gasteiger partial charge in [0.05, 0.1) is 18.2 Å². The number of benzene rings is 2. The van der Waals surface area contributed by atoms with Gasteiger partial charge >= 0.3 is 0 Å². The normalized spacial score (nSPS) is 10.8. The zero-order valence-corrected chi connectivity index (χ0v) is 15.6. The molecule has 0 bridgehead atoms. The summed E-state index contributed by atoms with van der Waals surface area (Å²) in [5.74, 6) is 1.32. The van der Waals surface area contributed by atoms with Crippen LogP contribution in [0.1, 0.15) is 5.56 Å². The van der Waals surface area contributed by atoms with Crippen molar-refractivity contribution in [1.82, 2.24) is 15.3 Å². The Morgan fingerprint density at radius 1 is 0.966 bits per heavy atom. The smallest absolute Gasteiger partial charge is 0.224 e. The summed E-state index contributed by atoms with van der Waals surface area (Å²) in [5, 5.41) is 7.00. The van der Waals surface area contributed by atoms with Crippen molar-refractivity contribution in [3.05, 3.63) is 78.3 Å². The number of halogens is 1. The van der Waals surface area contributed by atoms with Gasteiger partial charge in [-0.1, -0.05) is 24.3 Å². The number of carbonyl (C=O) groups excluding carboxylic acids is 1. The van der Waals surface area contributed by atoms with E-state index in [1.807, 2.05) is 30.3 Å². The van der Waals surface area contributed by atoms with Crippen molar-refractivity contribution in [3.63, 3.8) is 0 Å². The SMILES string of the molecule is O=C(Cc1ccc(F)cc1)NCCNc1nc(-c2ccco2)nc2ccccc12. The van der Waals surface area contributed by atoms with E-state index in [-0.39, 0.29) is 18.1 Å². The number of rotatable bonds is 7. The van der Waals surface area contributed by atoms with Crippen LogP contribution in [-0.4, -0.2) is 29.0 Å². The van der Waals surface area contributed by atoms with E-state index < -0.39 is 0 Å². The van der Waals surface area contributed by atoms with Gasteiger partial charge in [0.25, 0.3) is 0 Å². The fourth-order valence-electron chi connectivity index (χ4n) is 2.96. The standard InChI is InChI=1S/C22H19FN4O2/c23-16-9-7-15(8-10-16)14-20(28)24-11-12-25-21-17-4-1-2-5-18(17)26-22(27-21)19-6-3-13-29-19/h1-10,13H,11-12,14H2,(H,24,28)(H,25,26,27). The van der Waals surface area contributed by atoms with Crippen molar-refractivity contribution < 1.29 is 13.6 Å². The molecule has 2 heterocycles. The fraction of sp³-hybridized carbons (Fsp3) is 0.136. The van der Waals surface area contributed by atoms with Gasteiger partial charge in [-0.15, -0.1) is 0 Å². The van der Waals surface area contributed by atoms with Crippen molar-refractivity contribution in [3.8, 4) is 11.6 Å². The highest BCUT2D eigenvalue weighted by molar-refractivity contribution is 5.90. The molecular formula is C22H19FN4O2. The van der Waals surface area contributed by atoms with Crippen LogP contribution in [0.2, 0.25) is 0 Å². The van der Waals surface area contributed by atoms with Gasteiger partial charge in [0.2, 0.25) is 5.91 Å². The Labute approximate surface area is 166 Å². The first-order valence-electron chi connectivity index (χ1n) is 9.25. The van der Waals surface area contributed by atoms with Crippen molar-refractivity contribution in [2.24, 2.45) is 0 Å². The summed E-state index contributed by atoms with van der Waals surface area (Å²) in [4.78, 5) is 21.2. The number of para-hydroxylation sites is 1. The molecule has 1 amide bonds. The summed E-state index contributed by atoms with van der Waals surface area (Å²) in [6.45, 7) is 0.919. The van der Waals surface area contributed by atoms with Gasteiger partial charge < -0.3 is 15.1 Å². The minimum Gasteiger partial charge on any atom is -0.461 e. The van der Waals surface area contributed by atoms with Gasteiger partial charge in [0.15, 0.2) is 11.6 Å². The van der Waals surface area contributed by atoms with Crippen LogP contribution < -0.4 is 10.6 Å². The van der Waals surface area contributed by atoms with Crippen LogP contribution in [-0.2, 0) is 11.2 Å². The van der Waals surface area contributed by atoms with Crippen LogP contribution in [0.5, 0.6) is 0 Å². The first-order valence-corrected chi connectivity index (χ1v) is 9.25. The van der Waals surface area contributed by atoms with Crippen LogP contribution in [0.3, 0.4) is 0 Å². The number of hydrogen-bond acceptors (Lipinski definition) is 5. The lowest BCUT2D eigenvalue weighted by Crippen LogP contribution is -2.30. The summed E-state index contributed by atoms with van der Waals surface area (Å²) in [7, 11) is 0. The van der Waals surface area contributed by atoms with E-state index in [2.05, 4.69) is 20.6 Å². The molecule has 0 saturated carbocycles. The van der Waals surface area contributed by atoms with Crippen molar-refractivity contribution in [1.29, 1.82) is 0 Å². The predicted molar refractivity (Wildman–Crippen MR) is 109 cm³/mol. The molecule has 6 nitrogen and oxygen atoms in total. The first kappa shape index (κ1) is 18.6. The number of anilines is 1. The molecular weight excluding hydrogens is 371 g/mol. The predicted octanol–water partition coefficient (Wildman–Crippen LogP) is 3.80. The Kier molecular flexibility index (Phi) is 5.47. The summed E-state index contributed by atoms with van der Waals surface area (Å²) in [5.41, 5.74) is 1.57. The van der Waals surface area contributed by atoms with Crippen molar-refractivity contribution >= 4 is 22.6 Å². The lowest BCUT2D eigenvalue weighted by atomic mass is 10.1. The molecule has 0 atom stereocenters. The second-order valence-electron chi connectivity index (χ2n) is 6.47. The van der Waals surface area contributed by atoms with E-state index in [9.17, 15) is 9.18 Å². The number of carbonyl (C=O) groups is 1. The van der Waals surface area contributed by atoms with E-state index in [4.69, 9.17) is 4.42 Å². The first-order chi connectivity index (χ1) is 14.2. The highest BCUT2D eigenvalue weighted by atomic mass is 19.1. The average molecular weight is 390 g/mol. The van der Waals surface area contributed by atoms with Crippen LogP contribution >= 0.6 is 0 Å². The van der Waals surface area contributed by atoms with E-state index in [1.165, 1.54) is 12.1 Å². The topological polar surface area (TPSA) is 80.0 Å². The zero-order valence-electron chi connectivity index (χ0n) is 15.6. The second-order valence-corrected chi connectivity index (χ2v) is 6.47. The summed E-state index contributed by atoms with van der Waals surface area (Å²) < 4.78 is 18.3. The Morgan fingerprint density at radius 2 is 1.79 bits per heavy atom. The molecule has 0 aliphatic carbocycles. The number of amides is 1. The van der Waals surface area contributed by atoms with Crippen LogP contribution in [0, 0.1) is 5.82 Å². The Bertz CT molecular complexity index is 1110. The molecule has 0 unspecified atom stereocenters. The van der Waals surface area contributed by atoms with Gasteiger partial charge in [0.1, 0.15) is 11.6 Å². The van der Waals surface area contributed by atoms with E-state index >= 15 is 0 Å². The molecule has 2 N–H and O–H groups in total. The summed E-state index contributed by atoms with van der Waals surface area (Å²) >= 11 is 0. The van der Waals surface area contributed by atoms with Crippen LogP contribution in [0.25, 0.3) is 22.5 Å². The highest BCUT2D eigenvalue weighted by Gasteiger charge is 2.11. The third-order valence-electron chi connectivity index (χ3n) is 4.36. The minimum absolute atomic E-state index is 0.123. The molecule has 4 aromatic rings. The minimum atomic E-state index is -0.315. The molecule has 7 heteroatoms. The number of hydrogen-bond donors (Lipinski definition) is 2. The number of aromatic nitrogens is 2. The maximum atomic E-state index is 12.9. The van der Waals surface area contributed by atoms with Gasteiger partial charge in [-0.2, -0.15) is 0 Å². The van der Waals surface area contributed by atoms with Crippen LogP contribution in [0.15, 0.2) is 71.3 Å². The average Bonchev–Trinajstić information content (AvgIpc) is 3.27. The molecule has 0 aliphatic heterocycles. The van der Waals surface area contributed by atoms with Gasteiger partial charge in [-0.3, -0.25) is 4.79 Å². The molecule has 2 aromatic heterocycles. The molecule has 4 rings (SSSR count). The molecule has 146 valence electrons. The maximum Gasteiger partial charge on any atom is 0.224 e. The van der Waals surface area contributed by atoms with E-state index in [1.54, 1.807) is 24.5 Å². The van der Waals surface area contributed by atoms with Gasteiger partial charge in [0, 0.05) is 18.5 Å². The molecule has 0 radical (unpaired) electrons. The summed E-state index contributed by atoms with van der Waals surface area (Å²) in [6, 6.07) is 17.2. The summed E-state index contributed by atoms with van der Waals surface area (Å²) in [6.07, 6.45) is 1.79. The third kappa shape index (κ3) is 4.57. The number of nitrogens with one attached hydrogen (secondary N) is 2. The molecule has 0 saturated heterocycles. The van der Waals surface area contributed by atoms with E-state index in [0.717, 1.165) is 16.5 Å². The highest BCUT2D eigenvalue weighted by Crippen LogP contribution is 2.24. The van der Waals surface area contributed by atoms with Crippen molar-refractivity contribution in [2.45, 2.75) is 6.42 Å². The monoisotopic (exact) mass is 390 g/mol. The molecule has 0 spiro atoms. The largest absolute Gasteiger partial charge is 0.461 e. The number of furan rings is 1. The second kappa shape index (κ2) is 8.52. The van der Waals surface area contributed by atoms with E-state index in [0.29, 0.717) is 30.5 Å². The molecule has 2 aromatic carbocycles. The Hall–Kier alpha value is -3.74. The lowest BCUT2D eigenvalue weighted by Gasteiger charge is -2.11. The maximum absolute atomic E-state index is 12.9. The lowest BCUT2D eigenvalue weighted by molar-refractivity contribution is -0.120. The molecule has 0 aliphatic rings. The van der Waals surface area contributed by atoms with Gasteiger partial charge in [-0.05, 0) is 42.0 Å². The third-order valence-corrected chi connectivity index (χ3v) is 4.36. The molecule has 29 heavy (non-hydrogen) atoms. The van der Waals surface area contributed by atoms with Crippen LogP contribution in [0.4, 0.5) is 10.2 Å². The number of nitrogens with zero attached hydrogens (tertiary/aromatic N) is 2. The Balaban J connectivity index is 1.39. The van der Waals surface area contributed by atoms with Crippen molar-refractivity contribution in [2.75, 3.05) is 18.4 Å². The number of fused-ring (bicyclic) bond motifs is 1. The van der Waals surface area contributed by atoms with Gasteiger partial charge in [-0.25, -0.2) is 14.4 Å². The Morgan fingerprint density at radius 3 is 2.59 bits per heavy atom. The zero-order chi connectivity index (χ0) is 20.1. The quantitative estimate of drug-likeness (QED) is 0.469. The fourth-order valence-corrected chi connectivity index (χ4v) is 2.96.